The van der Waals surface area contributed by atoms with Gasteiger partial charge in [0, 0.05) is 18.5 Å². The van der Waals surface area contributed by atoms with Crippen LogP contribution in [-0.4, -0.2) is 46.2 Å². The minimum Gasteiger partial charge on any atom is -0.497 e. The lowest BCUT2D eigenvalue weighted by atomic mass is 10.0. The number of hydrazine groups is 1. The van der Waals surface area contributed by atoms with Crippen LogP contribution >= 0.6 is 23.2 Å². The van der Waals surface area contributed by atoms with Crippen LogP contribution in [0.5, 0.6) is 11.5 Å². The van der Waals surface area contributed by atoms with E-state index in [2.05, 4.69) is 26.1 Å². The molecule has 11 nitrogen and oxygen atoms in total. The number of para-hydroxylation sites is 1. The molecular formula is C26H26Cl2N6O5. The molecule has 0 saturated heterocycles. The highest BCUT2D eigenvalue weighted by atomic mass is 35.5. The van der Waals surface area contributed by atoms with Gasteiger partial charge in [-0.25, -0.2) is 20.2 Å². The zero-order valence-corrected chi connectivity index (χ0v) is 23.3. The predicted octanol–water partition coefficient (Wildman–Crippen LogP) is 5.63. The van der Waals surface area contributed by atoms with Gasteiger partial charge < -0.3 is 19.5 Å². The fourth-order valence-corrected chi connectivity index (χ4v) is 4.18. The Hall–Kier alpha value is -4.22. The van der Waals surface area contributed by atoms with E-state index >= 15 is 0 Å². The maximum Gasteiger partial charge on any atom is 0.426 e. The van der Waals surface area contributed by atoms with E-state index in [9.17, 15) is 9.59 Å². The SMILES string of the molecule is COc1cc(OC)c(-c2nc3ncccn3c2Nc2c(Cl)cccc2Cl)c(C(=O)NNC(=O)OC(C)(C)C)c1. The van der Waals surface area contributed by atoms with E-state index in [-0.39, 0.29) is 16.9 Å². The molecule has 0 radical (unpaired) electrons. The highest BCUT2D eigenvalue weighted by Gasteiger charge is 2.27. The van der Waals surface area contributed by atoms with Crippen LogP contribution in [0, 0.1) is 0 Å². The number of carbonyl (C=O) groups excluding carboxylic acids is 2. The molecule has 39 heavy (non-hydrogen) atoms. The highest BCUT2D eigenvalue weighted by Crippen LogP contribution is 2.42. The van der Waals surface area contributed by atoms with E-state index in [1.807, 2.05) is 0 Å². The summed E-state index contributed by atoms with van der Waals surface area (Å²) in [7, 11) is 2.90. The van der Waals surface area contributed by atoms with Gasteiger partial charge in [-0.3, -0.25) is 14.6 Å². The van der Waals surface area contributed by atoms with E-state index in [1.54, 1.807) is 67.9 Å². The minimum absolute atomic E-state index is 0.0824. The Labute approximate surface area is 234 Å². The van der Waals surface area contributed by atoms with Crippen molar-refractivity contribution >= 4 is 52.5 Å². The maximum absolute atomic E-state index is 13.4. The van der Waals surface area contributed by atoms with E-state index in [4.69, 9.17) is 37.4 Å². The molecule has 204 valence electrons. The van der Waals surface area contributed by atoms with Gasteiger partial charge in [-0.2, -0.15) is 0 Å². The Morgan fingerprint density at radius 2 is 1.72 bits per heavy atom. The van der Waals surface area contributed by atoms with Crippen LogP contribution in [0.4, 0.5) is 16.3 Å². The van der Waals surface area contributed by atoms with Crippen molar-refractivity contribution in [1.29, 1.82) is 0 Å². The van der Waals surface area contributed by atoms with Crippen molar-refractivity contribution in [1.82, 2.24) is 25.2 Å². The monoisotopic (exact) mass is 572 g/mol. The largest absolute Gasteiger partial charge is 0.497 e. The first kappa shape index (κ1) is 27.8. The number of fused-ring (bicyclic) bond motifs is 1. The van der Waals surface area contributed by atoms with Crippen LogP contribution in [0.15, 0.2) is 48.8 Å². The van der Waals surface area contributed by atoms with Crippen molar-refractivity contribution in [3.63, 3.8) is 0 Å². The summed E-state index contributed by atoms with van der Waals surface area (Å²) < 4.78 is 17.9. The number of hydrogen-bond acceptors (Lipinski definition) is 8. The number of nitrogens with zero attached hydrogens (tertiary/aromatic N) is 3. The summed E-state index contributed by atoms with van der Waals surface area (Å²) in [5, 5.41) is 3.98. The molecular weight excluding hydrogens is 547 g/mol. The number of benzene rings is 2. The lowest BCUT2D eigenvalue weighted by Gasteiger charge is -2.20. The van der Waals surface area contributed by atoms with Crippen molar-refractivity contribution < 1.29 is 23.8 Å². The summed E-state index contributed by atoms with van der Waals surface area (Å²) in [5.74, 6) is 0.664. The van der Waals surface area contributed by atoms with Crippen LogP contribution in [0.1, 0.15) is 31.1 Å². The fraction of sp³-hybridized carbons (Fsp3) is 0.231. The first-order valence-corrected chi connectivity index (χ1v) is 12.4. The summed E-state index contributed by atoms with van der Waals surface area (Å²) >= 11 is 12.9. The number of halogens is 2. The van der Waals surface area contributed by atoms with Gasteiger partial charge in [0.1, 0.15) is 28.6 Å². The molecule has 0 aliphatic rings. The van der Waals surface area contributed by atoms with Gasteiger partial charge in [0.25, 0.3) is 5.91 Å². The molecule has 0 saturated carbocycles. The average molecular weight is 573 g/mol. The van der Waals surface area contributed by atoms with Crippen molar-refractivity contribution in [2.24, 2.45) is 0 Å². The molecule has 2 amide bonds. The number of imidazole rings is 1. The second-order valence-electron chi connectivity index (χ2n) is 9.15. The Morgan fingerprint density at radius 1 is 1.00 bits per heavy atom. The zero-order chi connectivity index (χ0) is 28.3. The van der Waals surface area contributed by atoms with Crippen LogP contribution in [0.2, 0.25) is 10.0 Å². The Kier molecular flexibility index (Phi) is 8.03. The molecule has 2 aromatic heterocycles. The van der Waals surface area contributed by atoms with Crippen molar-refractivity contribution in [3.8, 4) is 22.8 Å². The topological polar surface area (TPSA) is 128 Å². The molecule has 0 aliphatic carbocycles. The second kappa shape index (κ2) is 11.3. The third kappa shape index (κ3) is 6.10. The summed E-state index contributed by atoms with van der Waals surface area (Å²) in [5.41, 5.74) is 4.96. The Bertz CT molecular complexity index is 1530. The molecule has 0 bridgehead atoms. The number of amides is 2. The molecule has 2 aromatic carbocycles. The number of aromatic nitrogens is 3. The molecule has 2 heterocycles. The number of ether oxygens (including phenoxy) is 3. The molecule has 0 aliphatic heterocycles. The van der Waals surface area contributed by atoms with Gasteiger partial charge in [-0.15, -0.1) is 0 Å². The number of hydrogen-bond donors (Lipinski definition) is 3. The van der Waals surface area contributed by atoms with E-state index in [0.717, 1.165) is 0 Å². The number of anilines is 2. The Morgan fingerprint density at radius 3 is 2.36 bits per heavy atom. The van der Waals surface area contributed by atoms with Crippen LogP contribution in [-0.2, 0) is 4.74 Å². The lowest BCUT2D eigenvalue weighted by Crippen LogP contribution is -2.44. The van der Waals surface area contributed by atoms with Gasteiger partial charge in [0.15, 0.2) is 0 Å². The number of carbonyl (C=O) groups is 2. The van der Waals surface area contributed by atoms with Crippen LogP contribution < -0.4 is 25.6 Å². The lowest BCUT2D eigenvalue weighted by molar-refractivity contribution is 0.0483. The fourth-order valence-electron chi connectivity index (χ4n) is 3.69. The summed E-state index contributed by atoms with van der Waals surface area (Å²) in [6.45, 7) is 5.12. The molecule has 0 unspecified atom stereocenters. The summed E-state index contributed by atoms with van der Waals surface area (Å²) in [6.07, 6.45) is 2.49. The predicted molar refractivity (Wildman–Crippen MR) is 148 cm³/mol. The molecule has 4 rings (SSSR count). The summed E-state index contributed by atoms with van der Waals surface area (Å²) in [4.78, 5) is 34.6. The van der Waals surface area contributed by atoms with Crippen LogP contribution in [0.25, 0.3) is 17.0 Å². The Balaban J connectivity index is 1.87. The normalized spacial score (nSPS) is 11.2. The standard InChI is InChI=1S/C26H26Cl2N6O5/c1-26(2,3)39-25(36)33-32-23(35)15-12-14(37-4)13-18(38-5)19(15)21-22(34-11-7-10-29-24(34)31-21)30-20-16(27)8-6-9-17(20)28/h6-13,30H,1-5H3,(H,32,35)(H,33,36). The van der Waals surface area contributed by atoms with E-state index in [0.29, 0.717) is 38.8 Å². The van der Waals surface area contributed by atoms with Crippen molar-refractivity contribution in [2.45, 2.75) is 26.4 Å². The van der Waals surface area contributed by atoms with Crippen molar-refractivity contribution in [3.05, 3.63) is 64.4 Å². The first-order valence-electron chi connectivity index (χ1n) is 11.6. The summed E-state index contributed by atoms with van der Waals surface area (Å²) in [6, 6.07) is 9.92. The first-order chi connectivity index (χ1) is 18.5. The second-order valence-corrected chi connectivity index (χ2v) is 9.97. The third-order valence-electron chi connectivity index (χ3n) is 5.30. The smallest absolute Gasteiger partial charge is 0.426 e. The molecule has 0 fully saturated rings. The number of nitrogens with one attached hydrogen (secondary N) is 3. The maximum atomic E-state index is 13.4. The van der Waals surface area contributed by atoms with Gasteiger partial charge in [0.2, 0.25) is 5.78 Å². The zero-order valence-electron chi connectivity index (χ0n) is 21.8. The molecule has 0 spiro atoms. The van der Waals surface area contributed by atoms with E-state index < -0.39 is 17.6 Å². The van der Waals surface area contributed by atoms with Gasteiger partial charge in [0.05, 0.1) is 41.1 Å². The molecule has 13 heteroatoms. The van der Waals surface area contributed by atoms with Gasteiger partial charge in [-0.1, -0.05) is 29.3 Å². The highest BCUT2D eigenvalue weighted by molar-refractivity contribution is 6.39. The van der Waals surface area contributed by atoms with E-state index in [1.165, 1.54) is 20.3 Å². The number of rotatable bonds is 6. The van der Waals surface area contributed by atoms with Crippen LogP contribution in [0.3, 0.4) is 0 Å². The number of methoxy groups -OCH3 is 2. The molecule has 0 atom stereocenters. The third-order valence-corrected chi connectivity index (χ3v) is 5.93. The molecule has 4 aromatic rings. The van der Waals surface area contributed by atoms with Crippen molar-refractivity contribution in [2.75, 3.05) is 19.5 Å². The quantitative estimate of drug-likeness (QED) is 0.253. The molecule has 3 N–H and O–H groups in total. The average Bonchev–Trinajstić information content (AvgIpc) is 3.25. The van der Waals surface area contributed by atoms with Gasteiger partial charge >= 0.3 is 6.09 Å². The van der Waals surface area contributed by atoms with Gasteiger partial charge in [-0.05, 0) is 45.0 Å². The minimum atomic E-state index is -0.833.